The molecule has 132 valence electrons. The number of hydrogen-bond acceptors (Lipinski definition) is 3. The van der Waals surface area contributed by atoms with Crippen molar-refractivity contribution in [3.05, 3.63) is 59.1 Å². The number of carbonyl (C=O) groups is 2. The van der Waals surface area contributed by atoms with E-state index in [-0.39, 0.29) is 18.4 Å². The summed E-state index contributed by atoms with van der Waals surface area (Å²) in [6.45, 7) is 2.51. The summed E-state index contributed by atoms with van der Waals surface area (Å²) in [6, 6.07) is 14.7. The predicted molar refractivity (Wildman–Crippen MR) is 102 cm³/mol. The van der Waals surface area contributed by atoms with E-state index in [1.807, 2.05) is 37.3 Å². The summed E-state index contributed by atoms with van der Waals surface area (Å²) in [7, 11) is 0. The van der Waals surface area contributed by atoms with Crippen LogP contribution in [0.3, 0.4) is 0 Å². The number of halogens is 1. The molecule has 2 rings (SSSR count). The Kier molecular flexibility index (Phi) is 7.29. The molecule has 0 heterocycles. The van der Waals surface area contributed by atoms with Crippen LogP contribution in [0, 0.1) is 0 Å². The molecule has 0 bridgehead atoms. The lowest BCUT2D eigenvalue weighted by atomic mass is 10.2. The normalized spacial score (nSPS) is 10.2. The zero-order valence-corrected chi connectivity index (χ0v) is 14.9. The molecular formula is C19H22ClN3O2. The Bertz CT molecular complexity index is 717. The van der Waals surface area contributed by atoms with Gasteiger partial charge in [-0.25, -0.2) is 0 Å². The van der Waals surface area contributed by atoms with Crippen molar-refractivity contribution in [1.29, 1.82) is 0 Å². The monoisotopic (exact) mass is 359 g/mol. The maximum absolute atomic E-state index is 11.9. The van der Waals surface area contributed by atoms with Crippen LogP contribution in [-0.4, -0.2) is 18.4 Å². The van der Waals surface area contributed by atoms with Gasteiger partial charge in [-0.05, 0) is 42.3 Å². The third-order valence-corrected chi connectivity index (χ3v) is 3.90. The summed E-state index contributed by atoms with van der Waals surface area (Å²) < 4.78 is 0. The second kappa shape index (κ2) is 9.69. The number of benzene rings is 2. The van der Waals surface area contributed by atoms with Crippen molar-refractivity contribution in [2.75, 3.05) is 17.2 Å². The first-order chi connectivity index (χ1) is 12.1. The van der Waals surface area contributed by atoms with E-state index in [0.29, 0.717) is 18.0 Å². The zero-order valence-electron chi connectivity index (χ0n) is 14.1. The van der Waals surface area contributed by atoms with Crippen molar-refractivity contribution < 1.29 is 9.59 Å². The number of hydrogen-bond donors (Lipinski definition) is 3. The molecule has 0 spiro atoms. The Labute approximate surface area is 152 Å². The van der Waals surface area contributed by atoms with Gasteiger partial charge in [0, 0.05) is 29.4 Å². The molecule has 0 unspecified atom stereocenters. The smallest absolute Gasteiger partial charge is 0.239 e. The standard InChI is InChI=1S/C19H22ClN3O2/c1-2-5-18(24)23-16-10-8-15(9-11-16)21-13-19(25)22-12-14-6-3-4-7-17(14)20/h3-4,6-11,21H,2,5,12-13H2,1H3,(H,22,25)(H,23,24). The number of nitrogens with one attached hydrogen (secondary N) is 3. The molecule has 0 fully saturated rings. The highest BCUT2D eigenvalue weighted by atomic mass is 35.5. The molecule has 0 aromatic heterocycles. The van der Waals surface area contributed by atoms with Gasteiger partial charge in [0.1, 0.15) is 0 Å². The summed E-state index contributed by atoms with van der Waals surface area (Å²) in [5, 5.41) is 9.32. The van der Waals surface area contributed by atoms with Crippen molar-refractivity contribution in [3.8, 4) is 0 Å². The third-order valence-electron chi connectivity index (χ3n) is 3.53. The SMILES string of the molecule is CCCC(=O)Nc1ccc(NCC(=O)NCc2ccccc2Cl)cc1. The minimum Gasteiger partial charge on any atom is -0.376 e. The first-order valence-electron chi connectivity index (χ1n) is 8.22. The van der Waals surface area contributed by atoms with E-state index < -0.39 is 0 Å². The Morgan fingerprint density at radius 3 is 2.32 bits per heavy atom. The number of rotatable bonds is 8. The van der Waals surface area contributed by atoms with Gasteiger partial charge < -0.3 is 16.0 Å². The fraction of sp³-hybridized carbons (Fsp3) is 0.263. The molecule has 0 saturated heterocycles. The van der Waals surface area contributed by atoms with E-state index in [0.717, 1.165) is 23.4 Å². The second-order valence-corrected chi connectivity index (χ2v) is 6.00. The average Bonchev–Trinajstić information content (AvgIpc) is 2.60. The lowest BCUT2D eigenvalue weighted by Gasteiger charge is -2.10. The Morgan fingerprint density at radius 1 is 0.960 bits per heavy atom. The largest absolute Gasteiger partial charge is 0.376 e. The van der Waals surface area contributed by atoms with Crippen molar-refractivity contribution in [2.45, 2.75) is 26.3 Å². The maximum Gasteiger partial charge on any atom is 0.239 e. The quantitative estimate of drug-likeness (QED) is 0.671. The van der Waals surface area contributed by atoms with Crippen LogP contribution in [0.15, 0.2) is 48.5 Å². The third kappa shape index (κ3) is 6.47. The van der Waals surface area contributed by atoms with Crippen LogP contribution in [0.2, 0.25) is 5.02 Å². The van der Waals surface area contributed by atoms with Crippen LogP contribution >= 0.6 is 11.6 Å². The van der Waals surface area contributed by atoms with Crippen LogP contribution in [0.1, 0.15) is 25.3 Å². The Morgan fingerprint density at radius 2 is 1.64 bits per heavy atom. The van der Waals surface area contributed by atoms with Gasteiger partial charge in [-0.3, -0.25) is 9.59 Å². The van der Waals surface area contributed by atoms with Crippen molar-refractivity contribution in [2.24, 2.45) is 0 Å². The van der Waals surface area contributed by atoms with E-state index in [9.17, 15) is 9.59 Å². The second-order valence-electron chi connectivity index (χ2n) is 5.60. The zero-order chi connectivity index (χ0) is 18.1. The molecule has 0 radical (unpaired) electrons. The van der Waals surface area contributed by atoms with Gasteiger partial charge in [-0.15, -0.1) is 0 Å². The highest BCUT2D eigenvalue weighted by molar-refractivity contribution is 6.31. The fourth-order valence-electron chi connectivity index (χ4n) is 2.20. The van der Waals surface area contributed by atoms with Gasteiger partial charge in [0.15, 0.2) is 0 Å². The molecule has 6 heteroatoms. The predicted octanol–water partition coefficient (Wildman–Crippen LogP) is 3.81. The molecule has 0 aliphatic rings. The van der Waals surface area contributed by atoms with Crippen LogP contribution in [0.5, 0.6) is 0 Å². The van der Waals surface area contributed by atoms with E-state index in [4.69, 9.17) is 11.6 Å². The van der Waals surface area contributed by atoms with Crippen molar-refractivity contribution >= 4 is 34.8 Å². The molecule has 5 nitrogen and oxygen atoms in total. The van der Waals surface area contributed by atoms with Crippen LogP contribution < -0.4 is 16.0 Å². The molecule has 0 aliphatic carbocycles. The summed E-state index contributed by atoms with van der Waals surface area (Å²) in [6.07, 6.45) is 1.32. The summed E-state index contributed by atoms with van der Waals surface area (Å²) >= 11 is 6.05. The topological polar surface area (TPSA) is 70.2 Å². The molecule has 25 heavy (non-hydrogen) atoms. The van der Waals surface area contributed by atoms with Gasteiger partial charge in [-0.1, -0.05) is 36.7 Å². The molecule has 2 aromatic carbocycles. The molecule has 0 saturated carbocycles. The van der Waals surface area contributed by atoms with Crippen molar-refractivity contribution in [1.82, 2.24) is 5.32 Å². The number of anilines is 2. The van der Waals surface area contributed by atoms with Gasteiger partial charge in [-0.2, -0.15) is 0 Å². The highest BCUT2D eigenvalue weighted by Gasteiger charge is 2.04. The summed E-state index contributed by atoms with van der Waals surface area (Å²) in [5.41, 5.74) is 2.43. The van der Waals surface area contributed by atoms with Gasteiger partial charge in [0.05, 0.1) is 6.54 Å². The van der Waals surface area contributed by atoms with Gasteiger partial charge in [0.2, 0.25) is 11.8 Å². The summed E-state index contributed by atoms with van der Waals surface area (Å²) in [4.78, 5) is 23.4. The molecular weight excluding hydrogens is 338 g/mol. The van der Waals surface area contributed by atoms with E-state index in [2.05, 4.69) is 16.0 Å². The van der Waals surface area contributed by atoms with Crippen LogP contribution in [0.25, 0.3) is 0 Å². The molecule has 2 amide bonds. The molecule has 0 atom stereocenters. The highest BCUT2D eigenvalue weighted by Crippen LogP contribution is 2.15. The minimum atomic E-state index is -0.125. The van der Waals surface area contributed by atoms with E-state index >= 15 is 0 Å². The Hall–Kier alpha value is -2.53. The number of amides is 2. The minimum absolute atomic E-state index is 0.00200. The van der Waals surface area contributed by atoms with Crippen molar-refractivity contribution in [3.63, 3.8) is 0 Å². The van der Waals surface area contributed by atoms with Gasteiger partial charge >= 0.3 is 0 Å². The lowest BCUT2D eigenvalue weighted by Crippen LogP contribution is -2.29. The first-order valence-corrected chi connectivity index (χ1v) is 8.60. The fourth-order valence-corrected chi connectivity index (χ4v) is 2.40. The molecule has 2 aromatic rings. The van der Waals surface area contributed by atoms with E-state index in [1.54, 1.807) is 18.2 Å². The Balaban J connectivity index is 1.76. The van der Waals surface area contributed by atoms with Gasteiger partial charge in [0.25, 0.3) is 0 Å². The van der Waals surface area contributed by atoms with E-state index in [1.165, 1.54) is 0 Å². The lowest BCUT2D eigenvalue weighted by molar-refractivity contribution is -0.119. The maximum atomic E-state index is 11.9. The number of carbonyl (C=O) groups excluding carboxylic acids is 2. The summed E-state index contributed by atoms with van der Waals surface area (Å²) in [5.74, 6) is -0.123. The van der Waals surface area contributed by atoms with Crippen LogP contribution in [-0.2, 0) is 16.1 Å². The molecule has 0 aliphatic heterocycles. The average molecular weight is 360 g/mol. The van der Waals surface area contributed by atoms with Crippen LogP contribution in [0.4, 0.5) is 11.4 Å². The molecule has 3 N–H and O–H groups in total. The first kappa shape index (κ1) is 18.8.